The molecule has 0 atom stereocenters. The average molecular weight is 343 g/mol. The van der Waals surface area contributed by atoms with E-state index < -0.39 is 23.4 Å². The van der Waals surface area contributed by atoms with Crippen molar-refractivity contribution >= 4 is 28.9 Å². The Hall–Kier alpha value is -3.42. The lowest BCUT2D eigenvalue weighted by atomic mass is 10.1. The highest BCUT2D eigenvalue weighted by Gasteiger charge is 2.17. The zero-order valence-electron chi connectivity index (χ0n) is 13.7. The van der Waals surface area contributed by atoms with E-state index in [2.05, 4.69) is 5.32 Å². The molecule has 0 aliphatic carbocycles. The summed E-state index contributed by atoms with van der Waals surface area (Å²) in [6, 6.07) is 8.98. The van der Waals surface area contributed by atoms with Crippen LogP contribution >= 0.6 is 0 Å². The smallest absolute Gasteiger partial charge is 0.340 e. The number of anilines is 2. The van der Waals surface area contributed by atoms with Crippen molar-refractivity contribution in [3.8, 4) is 0 Å². The van der Waals surface area contributed by atoms with Gasteiger partial charge in [0.2, 0.25) is 0 Å². The summed E-state index contributed by atoms with van der Waals surface area (Å²) in [5.41, 5.74) is 7.71. The number of ether oxygens (including phenoxy) is 1. The van der Waals surface area contributed by atoms with Gasteiger partial charge in [0, 0.05) is 17.8 Å². The van der Waals surface area contributed by atoms with Crippen LogP contribution in [0.2, 0.25) is 0 Å². The van der Waals surface area contributed by atoms with Crippen LogP contribution in [-0.4, -0.2) is 23.4 Å². The second-order valence-electron chi connectivity index (χ2n) is 5.42. The topological polar surface area (TPSA) is 125 Å². The molecule has 1 amide bonds. The summed E-state index contributed by atoms with van der Waals surface area (Å²) in [4.78, 5) is 34.0. The maximum absolute atomic E-state index is 12.0. The predicted octanol–water partition coefficient (Wildman–Crippen LogP) is 2.59. The molecule has 8 heteroatoms. The summed E-state index contributed by atoms with van der Waals surface area (Å²) in [7, 11) is 0. The number of nitrogens with two attached hydrogens (primary N) is 1. The van der Waals surface area contributed by atoms with E-state index in [1.165, 1.54) is 6.07 Å². The minimum atomic E-state index is -0.830. The molecule has 130 valence electrons. The van der Waals surface area contributed by atoms with Gasteiger partial charge in [-0.05, 0) is 31.0 Å². The molecule has 0 fully saturated rings. The molecule has 0 aliphatic heterocycles. The summed E-state index contributed by atoms with van der Waals surface area (Å²) in [6.07, 6.45) is 0. The molecule has 0 bridgehead atoms. The Morgan fingerprint density at radius 3 is 2.40 bits per heavy atom. The number of nitrogens with one attached hydrogen (secondary N) is 1. The average Bonchev–Trinajstić information content (AvgIpc) is 2.56. The van der Waals surface area contributed by atoms with Crippen LogP contribution in [0, 0.1) is 24.0 Å². The van der Waals surface area contributed by atoms with Crippen molar-refractivity contribution in [2.75, 3.05) is 17.7 Å². The Balaban J connectivity index is 2.00. The van der Waals surface area contributed by atoms with Gasteiger partial charge >= 0.3 is 5.97 Å². The molecule has 0 saturated carbocycles. The van der Waals surface area contributed by atoms with Crippen LogP contribution in [-0.2, 0) is 9.53 Å². The second-order valence-corrected chi connectivity index (χ2v) is 5.42. The van der Waals surface area contributed by atoms with E-state index in [-0.39, 0.29) is 16.9 Å². The number of nitro groups is 1. The van der Waals surface area contributed by atoms with Gasteiger partial charge < -0.3 is 15.8 Å². The highest BCUT2D eigenvalue weighted by atomic mass is 16.6. The third-order valence-corrected chi connectivity index (χ3v) is 3.55. The fraction of sp³-hybridized carbons (Fsp3) is 0.176. The van der Waals surface area contributed by atoms with E-state index in [0.717, 1.165) is 23.3 Å². The summed E-state index contributed by atoms with van der Waals surface area (Å²) in [5, 5.41) is 13.3. The minimum Gasteiger partial charge on any atom is -0.452 e. The number of carbonyl (C=O) groups excluding carboxylic acids is 2. The molecule has 0 saturated heterocycles. The number of rotatable bonds is 5. The van der Waals surface area contributed by atoms with Crippen molar-refractivity contribution in [2.24, 2.45) is 0 Å². The lowest BCUT2D eigenvalue weighted by Crippen LogP contribution is -2.22. The number of hydrogen-bond donors (Lipinski definition) is 2. The van der Waals surface area contributed by atoms with Gasteiger partial charge in [-0.3, -0.25) is 14.9 Å². The van der Waals surface area contributed by atoms with Crippen LogP contribution in [0.3, 0.4) is 0 Å². The molecular weight excluding hydrogens is 326 g/mol. The fourth-order valence-corrected chi connectivity index (χ4v) is 2.25. The van der Waals surface area contributed by atoms with E-state index in [1.807, 2.05) is 32.0 Å². The maximum atomic E-state index is 12.0. The first-order valence-corrected chi connectivity index (χ1v) is 7.36. The van der Waals surface area contributed by atoms with Gasteiger partial charge in [-0.2, -0.15) is 0 Å². The van der Waals surface area contributed by atoms with Gasteiger partial charge in [-0.1, -0.05) is 18.2 Å². The molecule has 8 nitrogen and oxygen atoms in total. The number of carbonyl (C=O) groups is 2. The van der Waals surface area contributed by atoms with Crippen molar-refractivity contribution in [1.29, 1.82) is 0 Å². The van der Waals surface area contributed by atoms with Crippen molar-refractivity contribution in [1.82, 2.24) is 0 Å². The molecule has 2 rings (SSSR count). The Morgan fingerprint density at radius 1 is 1.20 bits per heavy atom. The first-order valence-electron chi connectivity index (χ1n) is 7.36. The number of para-hydroxylation sites is 1. The molecular formula is C17H17N3O5. The molecule has 0 unspecified atom stereocenters. The van der Waals surface area contributed by atoms with Gasteiger partial charge in [-0.25, -0.2) is 4.79 Å². The van der Waals surface area contributed by atoms with Crippen LogP contribution in [0.1, 0.15) is 21.5 Å². The van der Waals surface area contributed by atoms with Crippen LogP contribution in [0.4, 0.5) is 17.1 Å². The molecule has 0 spiro atoms. The molecule has 3 N–H and O–H groups in total. The number of hydrogen-bond acceptors (Lipinski definition) is 6. The van der Waals surface area contributed by atoms with E-state index in [1.54, 1.807) is 0 Å². The van der Waals surface area contributed by atoms with E-state index >= 15 is 0 Å². The van der Waals surface area contributed by atoms with Gasteiger partial charge in [0.15, 0.2) is 6.61 Å². The number of amides is 1. The standard InChI is InChI=1S/C17H17N3O5/c1-10-4-3-5-11(2)16(10)19-15(21)9-25-17(22)13-7-6-12(20(23)24)8-14(13)18/h3-8H,9,18H2,1-2H3,(H,19,21). The van der Waals surface area contributed by atoms with Crippen LogP contribution in [0.5, 0.6) is 0 Å². The van der Waals surface area contributed by atoms with Gasteiger partial charge in [0.25, 0.3) is 11.6 Å². The van der Waals surface area contributed by atoms with Crippen LogP contribution < -0.4 is 11.1 Å². The molecule has 0 radical (unpaired) electrons. The first kappa shape index (κ1) is 17.9. The summed E-state index contributed by atoms with van der Waals surface area (Å²) in [5.74, 6) is -1.32. The lowest BCUT2D eigenvalue weighted by Gasteiger charge is -2.12. The van der Waals surface area contributed by atoms with Crippen molar-refractivity contribution in [3.63, 3.8) is 0 Å². The minimum absolute atomic E-state index is 0.0366. The summed E-state index contributed by atoms with van der Waals surface area (Å²) in [6.45, 7) is 3.21. The first-order chi connectivity index (χ1) is 11.8. The molecule has 0 aromatic heterocycles. The zero-order valence-corrected chi connectivity index (χ0v) is 13.7. The van der Waals surface area contributed by atoms with Gasteiger partial charge in [-0.15, -0.1) is 0 Å². The largest absolute Gasteiger partial charge is 0.452 e. The number of nitrogen functional groups attached to an aromatic ring is 1. The Morgan fingerprint density at radius 2 is 1.84 bits per heavy atom. The van der Waals surface area contributed by atoms with Crippen molar-refractivity contribution in [3.05, 3.63) is 63.2 Å². The third kappa shape index (κ3) is 4.31. The lowest BCUT2D eigenvalue weighted by molar-refractivity contribution is -0.384. The van der Waals surface area contributed by atoms with E-state index in [9.17, 15) is 19.7 Å². The second kappa shape index (κ2) is 7.43. The molecule has 0 heterocycles. The monoisotopic (exact) mass is 343 g/mol. The third-order valence-electron chi connectivity index (χ3n) is 3.55. The maximum Gasteiger partial charge on any atom is 0.340 e. The highest BCUT2D eigenvalue weighted by Crippen LogP contribution is 2.21. The van der Waals surface area contributed by atoms with Gasteiger partial charge in [0.1, 0.15) is 0 Å². The molecule has 2 aromatic rings. The molecule has 0 aliphatic rings. The highest BCUT2D eigenvalue weighted by molar-refractivity contribution is 5.98. The summed E-state index contributed by atoms with van der Waals surface area (Å²) >= 11 is 0. The van der Waals surface area contributed by atoms with Crippen LogP contribution in [0.25, 0.3) is 0 Å². The quantitative estimate of drug-likeness (QED) is 0.372. The number of non-ortho nitro benzene ring substituents is 1. The Kier molecular flexibility index (Phi) is 5.33. The SMILES string of the molecule is Cc1cccc(C)c1NC(=O)COC(=O)c1ccc([N+](=O)[O-])cc1N. The predicted molar refractivity (Wildman–Crippen MR) is 92.3 cm³/mol. The molecule has 2 aromatic carbocycles. The number of aryl methyl sites for hydroxylation is 2. The van der Waals surface area contributed by atoms with Crippen LogP contribution in [0.15, 0.2) is 36.4 Å². The number of esters is 1. The fourth-order valence-electron chi connectivity index (χ4n) is 2.25. The van der Waals surface area contributed by atoms with Gasteiger partial charge in [0.05, 0.1) is 16.2 Å². The van der Waals surface area contributed by atoms with Crippen molar-refractivity contribution in [2.45, 2.75) is 13.8 Å². The number of nitro benzene ring substituents is 1. The Bertz CT molecular complexity index is 828. The summed E-state index contributed by atoms with van der Waals surface area (Å²) < 4.78 is 4.92. The normalized spacial score (nSPS) is 10.2. The Labute approximate surface area is 143 Å². The van der Waals surface area contributed by atoms with E-state index in [4.69, 9.17) is 10.5 Å². The number of benzene rings is 2. The number of nitrogens with zero attached hydrogens (tertiary/aromatic N) is 1. The molecule has 25 heavy (non-hydrogen) atoms. The zero-order chi connectivity index (χ0) is 18.6. The van der Waals surface area contributed by atoms with E-state index in [0.29, 0.717) is 5.69 Å². The van der Waals surface area contributed by atoms with Crippen molar-refractivity contribution < 1.29 is 19.2 Å².